The minimum Gasteiger partial charge on any atom is -0.506 e. The number of benzene rings is 1. The number of aryl methyl sites for hydroxylation is 1. The van der Waals surface area contributed by atoms with Crippen molar-refractivity contribution >= 4 is 17.3 Å². The summed E-state index contributed by atoms with van der Waals surface area (Å²) in [6.45, 7) is 1.75. The highest BCUT2D eigenvalue weighted by atomic mass is 35.5. The Balaban J connectivity index is 2.64. The summed E-state index contributed by atoms with van der Waals surface area (Å²) in [5.41, 5.74) is 1.69. The van der Waals surface area contributed by atoms with Gasteiger partial charge in [0.1, 0.15) is 5.75 Å². The van der Waals surface area contributed by atoms with E-state index in [1.54, 1.807) is 25.1 Å². The van der Waals surface area contributed by atoms with Crippen molar-refractivity contribution in [2.45, 2.75) is 19.8 Å². The number of hydrogen-bond donors (Lipinski definition) is 2. The monoisotopic (exact) mass is 213 g/mol. The molecule has 0 unspecified atom stereocenters. The summed E-state index contributed by atoms with van der Waals surface area (Å²) in [6, 6.07) is 5.07. The molecule has 0 radical (unpaired) electrons. The summed E-state index contributed by atoms with van der Waals surface area (Å²) in [4.78, 5) is 0. The standard InChI is InChI=1S/C10H12ClNO2/c1-7(12-14)2-3-8-4-5-10(13)9(11)6-8/h4-6,13-14H,2-3H2,1H3/b12-7+. The van der Waals surface area contributed by atoms with Crippen LogP contribution >= 0.6 is 11.6 Å². The molecular formula is C10H12ClNO2. The Morgan fingerprint density at radius 1 is 1.50 bits per heavy atom. The molecule has 3 nitrogen and oxygen atoms in total. The first-order valence-corrected chi connectivity index (χ1v) is 4.66. The lowest BCUT2D eigenvalue weighted by molar-refractivity contribution is 0.317. The average molecular weight is 214 g/mol. The molecular weight excluding hydrogens is 202 g/mol. The predicted molar refractivity (Wildman–Crippen MR) is 56.3 cm³/mol. The average Bonchev–Trinajstić information content (AvgIpc) is 2.19. The highest BCUT2D eigenvalue weighted by molar-refractivity contribution is 6.32. The number of hydrogen-bond acceptors (Lipinski definition) is 3. The maximum Gasteiger partial charge on any atom is 0.134 e. The van der Waals surface area contributed by atoms with Gasteiger partial charge in [-0.15, -0.1) is 0 Å². The Kier molecular flexibility index (Phi) is 3.77. The van der Waals surface area contributed by atoms with Crippen LogP contribution in [0.4, 0.5) is 0 Å². The van der Waals surface area contributed by atoms with Crippen molar-refractivity contribution in [3.8, 4) is 5.75 Å². The lowest BCUT2D eigenvalue weighted by atomic mass is 10.1. The molecule has 76 valence electrons. The molecule has 0 aromatic heterocycles. The molecule has 1 aromatic carbocycles. The normalized spacial score (nSPS) is 11.7. The molecule has 0 heterocycles. The Hall–Kier alpha value is -1.22. The fourth-order valence-electron chi connectivity index (χ4n) is 1.08. The molecule has 0 aliphatic carbocycles. The van der Waals surface area contributed by atoms with Gasteiger partial charge in [0, 0.05) is 0 Å². The number of phenolic OH excluding ortho intramolecular Hbond substituents is 1. The second-order valence-electron chi connectivity index (χ2n) is 3.12. The number of rotatable bonds is 3. The molecule has 0 saturated carbocycles. The maximum atomic E-state index is 9.17. The molecule has 0 aliphatic heterocycles. The minimum absolute atomic E-state index is 0.0861. The minimum atomic E-state index is 0.0861. The van der Waals surface area contributed by atoms with Crippen molar-refractivity contribution in [3.05, 3.63) is 28.8 Å². The Morgan fingerprint density at radius 2 is 2.21 bits per heavy atom. The zero-order valence-electron chi connectivity index (χ0n) is 7.87. The Labute approximate surface area is 87.6 Å². The van der Waals surface area contributed by atoms with Gasteiger partial charge < -0.3 is 10.3 Å². The Bertz CT molecular complexity index is 350. The third-order valence-electron chi connectivity index (χ3n) is 1.96. The number of halogens is 1. The summed E-state index contributed by atoms with van der Waals surface area (Å²) < 4.78 is 0. The molecule has 1 aromatic rings. The molecule has 0 bridgehead atoms. The number of phenols is 1. The maximum absolute atomic E-state index is 9.17. The smallest absolute Gasteiger partial charge is 0.134 e. The second kappa shape index (κ2) is 4.86. The number of aromatic hydroxyl groups is 1. The van der Waals surface area contributed by atoms with Crippen molar-refractivity contribution in [2.75, 3.05) is 0 Å². The summed E-state index contributed by atoms with van der Waals surface area (Å²) in [7, 11) is 0. The first-order valence-electron chi connectivity index (χ1n) is 4.28. The van der Waals surface area contributed by atoms with E-state index in [-0.39, 0.29) is 5.75 Å². The lowest BCUT2D eigenvalue weighted by Gasteiger charge is -2.02. The van der Waals surface area contributed by atoms with Crippen LogP contribution in [0.2, 0.25) is 5.02 Å². The summed E-state index contributed by atoms with van der Waals surface area (Å²) >= 11 is 5.73. The molecule has 0 aliphatic rings. The van der Waals surface area contributed by atoms with E-state index in [4.69, 9.17) is 16.8 Å². The van der Waals surface area contributed by atoms with E-state index in [0.717, 1.165) is 12.0 Å². The molecule has 0 amide bonds. The van der Waals surface area contributed by atoms with Crippen molar-refractivity contribution < 1.29 is 10.3 Å². The Morgan fingerprint density at radius 3 is 2.79 bits per heavy atom. The van der Waals surface area contributed by atoms with Crippen LogP contribution < -0.4 is 0 Å². The van der Waals surface area contributed by atoms with Gasteiger partial charge in [0.2, 0.25) is 0 Å². The summed E-state index contributed by atoms with van der Waals surface area (Å²) in [5, 5.41) is 21.0. The molecule has 0 fully saturated rings. The van der Waals surface area contributed by atoms with Gasteiger partial charge in [-0.25, -0.2) is 0 Å². The SMILES string of the molecule is C/C(CCc1ccc(O)c(Cl)c1)=N\O. The van der Waals surface area contributed by atoms with Gasteiger partial charge in [-0.2, -0.15) is 0 Å². The molecule has 14 heavy (non-hydrogen) atoms. The largest absolute Gasteiger partial charge is 0.506 e. The quantitative estimate of drug-likeness (QED) is 0.461. The third-order valence-corrected chi connectivity index (χ3v) is 2.26. The fraction of sp³-hybridized carbons (Fsp3) is 0.300. The van der Waals surface area contributed by atoms with Crippen LogP contribution in [-0.2, 0) is 6.42 Å². The zero-order valence-corrected chi connectivity index (χ0v) is 8.62. The number of nitrogens with zero attached hydrogens (tertiary/aromatic N) is 1. The lowest BCUT2D eigenvalue weighted by Crippen LogP contribution is -1.94. The van der Waals surface area contributed by atoms with Gasteiger partial charge >= 0.3 is 0 Å². The molecule has 0 saturated heterocycles. The van der Waals surface area contributed by atoms with Crippen LogP contribution in [0.3, 0.4) is 0 Å². The second-order valence-corrected chi connectivity index (χ2v) is 3.53. The van der Waals surface area contributed by atoms with E-state index in [1.807, 2.05) is 0 Å². The van der Waals surface area contributed by atoms with Gasteiger partial charge in [0.25, 0.3) is 0 Å². The molecule has 2 N–H and O–H groups in total. The first kappa shape index (κ1) is 10.9. The fourth-order valence-corrected chi connectivity index (χ4v) is 1.28. The first-order chi connectivity index (χ1) is 6.63. The summed E-state index contributed by atoms with van der Waals surface area (Å²) in [6.07, 6.45) is 1.42. The van der Waals surface area contributed by atoms with Gasteiger partial charge in [0.15, 0.2) is 0 Å². The van der Waals surface area contributed by atoms with E-state index in [2.05, 4.69) is 5.16 Å². The molecule has 4 heteroatoms. The van der Waals surface area contributed by atoms with Gasteiger partial charge in [0.05, 0.1) is 10.7 Å². The van der Waals surface area contributed by atoms with E-state index in [1.165, 1.54) is 0 Å². The van der Waals surface area contributed by atoms with Crippen LogP contribution in [0.1, 0.15) is 18.9 Å². The molecule has 0 atom stereocenters. The van der Waals surface area contributed by atoms with Crippen molar-refractivity contribution in [3.63, 3.8) is 0 Å². The van der Waals surface area contributed by atoms with Gasteiger partial charge in [-0.3, -0.25) is 0 Å². The van der Waals surface area contributed by atoms with E-state index in [0.29, 0.717) is 17.2 Å². The van der Waals surface area contributed by atoms with E-state index >= 15 is 0 Å². The zero-order chi connectivity index (χ0) is 10.6. The topological polar surface area (TPSA) is 52.8 Å². The predicted octanol–water partition coefficient (Wildman–Crippen LogP) is 2.83. The van der Waals surface area contributed by atoms with Crippen LogP contribution in [0.5, 0.6) is 5.75 Å². The third kappa shape index (κ3) is 2.92. The molecule has 0 spiro atoms. The van der Waals surface area contributed by atoms with Crippen LogP contribution in [0.25, 0.3) is 0 Å². The highest BCUT2D eigenvalue weighted by Crippen LogP contribution is 2.24. The summed E-state index contributed by atoms with van der Waals surface area (Å²) in [5.74, 6) is 0.0861. The molecule has 1 rings (SSSR count). The van der Waals surface area contributed by atoms with E-state index < -0.39 is 0 Å². The van der Waals surface area contributed by atoms with Crippen LogP contribution in [0.15, 0.2) is 23.4 Å². The number of oxime groups is 1. The van der Waals surface area contributed by atoms with Gasteiger partial charge in [-0.05, 0) is 37.5 Å². The van der Waals surface area contributed by atoms with E-state index in [9.17, 15) is 5.11 Å². The van der Waals surface area contributed by atoms with Crippen molar-refractivity contribution in [2.24, 2.45) is 5.16 Å². The van der Waals surface area contributed by atoms with Crippen LogP contribution in [0, 0.1) is 0 Å². The van der Waals surface area contributed by atoms with Gasteiger partial charge in [-0.1, -0.05) is 22.8 Å². The highest BCUT2D eigenvalue weighted by Gasteiger charge is 2.00. The van der Waals surface area contributed by atoms with Crippen LogP contribution in [-0.4, -0.2) is 16.0 Å². The van der Waals surface area contributed by atoms with Crippen molar-refractivity contribution in [1.29, 1.82) is 0 Å². The van der Waals surface area contributed by atoms with Crippen molar-refractivity contribution in [1.82, 2.24) is 0 Å².